The standard InChI is InChI=1S/C8H12NO4P/c1-12-14(11,13-2)7-8(10)9-5-3-4-6-9/h3-6H,7H2,1-2H3. The van der Waals surface area contributed by atoms with Crippen LogP contribution in [0.1, 0.15) is 4.79 Å². The first kappa shape index (κ1) is 11.2. The molecule has 5 nitrogen and oxygen atoms in total. The van der Waals surface area contributed by atoms with Crippen LogP contribution in [0.3, 0.4) is 0 Å². The van der Waals surface area contributed by atoms with Gasteiger partial charge in [-0.1, -0.05) is 0 Å². The van der Waals surface area contributed by atoms with Crippen molar-refractivity contribution in [1.82, 2.24) is 4.57 Å². The molecule has 0 spiro atoms. The zero-order chi connectivity index (χ0) is 10.6. The second-order valence-corrected chi connectivity index (χ2v) is 4.89. The second kappa shape index (κ2) is 4.55. The Kier molecular flexibility index (Phi) is 3.63. The van der Waals surface area contributed by atoms with E-state index in [0.717, 1.165) is 0 Å². The average molecular weight is 217 g/mol. The Morgan fingerprint density at radius 2 is 1.79 bits per heavy atom. The van der Waals surface area contributed by atoms with Crippen molar-refractivity contribution in [2.75, 3.05) is 20.4 Å². The summed E-state index contributed by atoms with van der Waals surface area (Å²) in [7, 11) is -0.734. The summed E-state index contributed by atoms with van der Waals surface area (Å²) in [4.78, 5) is 11.5. The van der Waals surface area contributed by atoms with Gasteiger partial charge in [0.05, 0.1) is 0 Å². The molecule has 1 heterocycles. The number of carbonyl (C=O) groups excluding carboxylic acids is 1. The normalized spacial score (nSPS) is 11.6. The van der Waals surface area contributed by atoms with Crippen LogP contribution in [0.15, 0.2) is 24.5 Å². The van der Waals surface area contributed by atoms with Gasteiger partial charge in [-0.2, -0.15) is 0 Å². The highest BCUT2D eigenvalue weighted by atomic mass is 31.2. The molecule has 0 unspecified atom stereocenters. The van der Waals surface area contributed by atoms with Crippen molar-refractivity contribution in [3.8, 4) is 0 Å². The van der Waals surface area contributed by atoms with Crippen molar-refractivity contribution in [3.05, 3.63) is 24.5 Å². The van der Waals surface area contributed by atoms with Gasteiger partial charge in [-0.25, -0.2) is 0 Å². The van der Waals surface area contributed by atoms with Crippen molar-refractivity contribution in [3.63, 3.8) is 0 Å². The molecule has 0 aliphatic rings. The van der Waals surface area contributed by atoms with Crippen LogP contribution >= 0.6 is 7.60 Å². The SMILES string of the molecule is COP(=O)(CC(=O)n1cccc1)OC. The van der Waals surface area contributed by atoms with Gasteiger partial charge < -0.3 is 9.05 Å². The number of carbonyl (C=O) groups is 1. The third kappa shape index (κ3) is 2.54. The summed E-state index contributed by atoms with van der Waals surface area (Å²) in [5.74, 6) is -0.318. The molecule has 78 valence electrons. The van der Waals surface area contributed by atoms with Crippen LogP contribution in [0.4, 0.5) is 0 Å². The highest BCUT2D eigenvalue weighted by Gasteiger charge is 2.25. The van der Waals surface area contributed by atoms with E-state index < -0.39 is 7.60 Å². The summed E-state index contributed by atoms with van der Waals surface area (Å²) >= 11 is 0. The molecule has 0 fully saturated rings. The molecule has 6 heteroatoms. The lowest BCUT2D eigenvalue weighted by molar-refractivity contribution is 0.0931. The molecule has 0 bridgehead atoms. The molecular weight excluding hydrogens is 205 g/mol. The van der Waals surface area contributed by atoms with Crippen LogP contribution in [0, 0.1) is 0 Å². The molecule has 0 saturated heterocycles. The molecule has 0 saturated carbocycles. The Morgan fingerprint density at radius 1 is 1.29 bits per heavy atom. The Morgan fingerprint density at radius 3 is 2.21 bits per heavy atom. The molecule has 1 aromatic heterocycles. The Hall–Kier alpha value is -0.900. The lowest BCUT2D eigenvalue weighted by Crippen LogP contribution is -2.14. The zero-order valence-corrected chi connectivity index (χ0v) is 8.94. The molecule has 0 N–H and O–H groups in total. The molecule has 0 radical (unpaired) electrons. The van der Waals surface area contributed by atoms with Crippen molar-refractivity contribution >= 4 is 13.5 Å². The Bertz CT molecular complexity index is 338. The third-order valence-corrected chi connectivity index (χ3v) is 3.55. The minimum absolute atomic E-state index is 0.255. The van der Waals surface area contributed by atoms with Crippen LogP contribution in [0.25, 0.3) is 0 Å². The molecule has 0 aliphatic carbocycles. The van der Waals surface area contributed by atoms with E-state index in [9.17, 15) is 9.36 Å². The minimum Gasteiger partial charge on any atom is -0.312 e. The fourth-order valence-corrected chi connectivity index (χ4v) is 1.85. The number of hydrogen-bond acceptors (Lipinski definition) is 4. The van der Waals surface area contributed by atoms with Crippen LogP contribution in [-0.4, -0.2) is 30.9 Å². The summed E-state index contributed by atoms with van der Waals surface area (Å²) < 4.78 is 22.2. The highest BCUT2D eigenvalue weighted by Crippen LogP contribution is 2.46. The Balaban J connectivity index is 2.70. The van der Waals surface area contributed by atoms with Gasteiger partial charge in [0.1, 0.15) is 6.16 Å². The number of aromatic nitrogens is 1. The van der Waals surface area contributed by atoms with Crippen LogP contribution in [-0.2, 0) is 13.6 Å². The van der Waals surface area contributed by atoms with E-state index in [0.29, 0.717) is 0 Å². The van der Waals surface area contributed by atoms with Crippen molar-refractivity contribution in [1.29, 1.82) is 0 Å². The van der Waals surface area contributed by atoms with Crippen LogP contribution < -0.4 is 0 Å². The highest BCUT2D eigenvalue weighted by molar-refractivity contribution is 7.54. The quantitative estimate of drug-likeness (QED) is 0.719. The number of nitrogens with zero attached hydrogens (tertiary/aromatic N) is 1. The van der Waals surface area contributed by atoms with Gasteiger partial charge >= 0.3 is 7.60 Å². The lowest BCUT2D eigenvalue weighted by atomic mass is 10.7. The fraction of sp³-hybridized carbons (Fsp3) is 0.375. The van der Waals surface area contributed by atoms with Gasteiger partial charge in [-0.3, -0.25) is 13.9 Å². The maximum absolute atomic E-state index is 11.6. The summed E-state index contributed by atoms with van der Waals surface area (Å²) in [6, 6.07) is 3.42. The Labute approximate surface area is 82.2 Å². The predicted molar refractivity (Wildman–Crippen MR) is 51.6 cm³/mol. The third-order valence-electron chi connectivity index (χ3n) is 1.78. The van der Waals surface area contributed by atoms with Crippen molar-refractivity contribution < 1.29 is 18.4 Å². The summed E-state index contributed by atoms with van der Waals surface area (Å²) in [5, 5.41) is 0. The van der Waals surface area contributed by atoms with Crippen LogP contribution in [0.2, 0.25) is 0 Å². The van der Waals surface area contributed by atoms with E-state index in [1.54, 1.807) is 24.5 Å². The van der Waals surface area contributed by atoms with E-state index in [2.05, 4.69) is 9.05 Å². The molecule has 1 aromatic rings. The van der Waals surface area contributed by atoms with E-state index in [4.69, 9.17) is 0 Å². The molecule has 1 rings (SSSR count). The second-order valence-electron chi connectivity index (χ2n) is 2.62. The first-order chi connectivity index (χ1) is 6.61. The van der Waals surface area contributed by atoms with E-state index in [1.807, 2.05) is 0 Å². The van der Waals surface area contributed by atoms with Crippen molar-refractivity contribution in [2.24, 2.45) is 0 Å². The minimum atomic E-state index is -3.25. The molecule has 0 atom stereocenters. The van der Waals surface area contributed by atoms with E-state index in [-0.39, 0.29) is 12.1 Å². The monoisotopic (exact) mass is 217 g/mol. The lowest BCUT2D eigenvalue weighted by Gasteiger charge is -2.12. The summed E-state index contributed by atoms with van der Waals surface area (Å²) in [6.45, 7) is 0. The van der Waals surface area contributed by atoms with Gasteiger partial charge in [0.2, 0.25) is 5.91 Å². The largest absolute Gasteiger partial charge is 0.339 e. The molecule has 0 aliphatic heterocycles. The van der Waals surface area contributed by atoms with E-state index >= 15 is 0 Å². The first-order valence-electron chi connectivity index (χ1n) is 3.98. The molecule has 14 heavy (non-hydrogen) atoms. The first-order valence-corrected chi connectivity index (χ1v) is 5.71. The number of hydrogen-bond donors (Lipinski definition) is 0. The fourth-order valence-electron chi connectivity index (χ4n) is 0.952. The van der Waals surface area contributed by atoms with Gasteiger partial charge in [-0.05, 0) is 12.1 Å². The molecular formula is C8H12NO4P. The topological polar surface area (TPSA) is 57.5 Å². The maximum atomic E-state index is 11.6. The number of rotatable bonds is 4. The molecule has 0 aromatic carbocycles. The van der Waals surface area contributed by atoms with Crippen LogP contribution in [0.5, 0.6) is 0 Å². The van der Waals surface area contributed by atoms with Gasteiger partial charge in [0.15, 0.2) is 0 Å². The van der Waals surface area contributed by atoms with Crippen molar-refractivity contribution in [2.45, 2.75) is 0 Å². The smallest absolute Gasteiger partial charge is 0.312 e. The van der Waals surface area contributed by atoms with Gasteiger partial charge in [-0.15, -0.1) is 0 Å². The predicted octanol–water partition coefficient (Wildman–Crippen LogP) is 1.61. The average Bonchev–Trinajstić information content (AvgIpc) is 2.70. The van der Waals surface area contributed by atoms with Gasteiger partial charge in [0.25, 0.3) is 0 Å². The summed E-state index contributed by atoms with van der Waals surface area (Å²) in [5.41, 5.74) is 0. The zero-order valence-electron chi connectivity index (χ0n) is 8.04. The summed E-state index contributed by atoms with van der Waals surface area (Å²) in [6.07, 6.45) is 2.91. The maximum Gasteiger partial charge on any atom is 0.339 e. The van der Waals surface area contributed by atoms with Gasteiger partial charge in [0, 0.05) is 26.6 Å². The molecule has 0 amide bonds. The van der Waals surface area contributed by atoms with E-state index in [1.165, 1.54) is 18.8 Å².